The largest absolute Gasteiger partial charge is 0.492 e. The molecule has 35 heavy (non-hydrogen) atoms. The van der Waals surface area contributed by atoms with Crippen LogP contribution >= 0.6 is 0 Å². The molecule has 1 N–H and O–H groups in total. The third-order valence-electron chi connectivity index (χ3n) is 7.55. The Morgan fingerprint density at radius 3 is 2.63 bits per heavy atom. The zero-order valence-electron chi connectivity index (χ0n) is 20.4. The molecule has 2 heterocycles. The van der Waals surface area contributed by atoms with Crippen LogP contribution in [0.25, 0.3) is 0 Å². The SMILES string of the molecule is CN1CCC(OCCCNC(=O)CN2C(=O)[C@@]3(COc4ccccc4)C[C@H]3c3ccccc32)CC1. The van der Waals surface area contributed by atoms with Crippen molar-refractivity contribution in [3.8, 4) is 5.75 Å². The molecule has 0 spiro atoms. The van der Waals surface area contributed by atoms with Crippen molar-refractivity contribution in [1.29, 1.82) is 0 Å². The summed E-state index contributed by atoms with van der Waals surface area (Å²) in [7, 11) is 2.14. The van der Waals surface area contributed by atoms with Crippen molar-refractivity contribution in [2.75, 3.05) is 51.3 Å². The van der Waals surface area contributed by atoms with E-state index in [-0.39, 0.29) is 24.3 Å². The molecule has 1 aliphatic carbocycles. The Hall–Kier alpha value is -2.90. The fourth-order valence-electron chi connectivity index (χ4n) is 5.36. The number of benzene rings is 2. The molecular weight excluding hydrogens is 442 g/mol. The molecule has 3 aliphatic rings. The van der Waals surface area contributed by atoms with Crippen LogP contribution in [0.15, 0.2) is 54.6 Å². The van der Waals surface area contributed by atoms with E-state index in [1.165, 1.54) is 0 Å². The molecule has 2 atom stereocenters. The minimum atomic E-state index is -0.591. The van der Waals surface area contributed by atoms with Gasteiger partial charge in [0.15, 0.2) is 0 Å². The highest BCUT2D eigenvalue weighted by Crippen LogP contribution is 2.65. The molecule has 2 amide bonds. The standard InChI is InChI=1S/C28H35N3O4/c1-30-15-12-22(13-16-30)34-17-7-14-29-26(32)19-31-25-11-6-5-10-23(25)24-18-28(24,27(31)33)20-35-21-8-3-2-4-9-21/h2-6,8-11,22,24H,7,12-20H2,1H3,(H,29,32)/t24-,28+/m0/s1. The number of nitrogens with zero attached hydrogens (tertiary/aromatic N) is 2. The Balaban J connectivity index is 1.15. The lowest BCUT2D eigenvalue weighted by Crippen LogP contribution is -2.48. The fraction of sp³-hybridized carbons (Fsp3) is 0.500. The number of likely N-dealkylation sites (tertiary alicyclic amines) is 1. The smallest absolute Gasteiger partial charge is 0.240 e. The Labute approximate surface area is 207 Å². The summed E-state index contributed by atoms with van der Waals surface area (Å²) < 4.78 is 12.0. The fourth-order valence-corrected chi connectivity index (χ4v) is 5.36. The summed E-state index contributed by atoms with van der Waals surface area (Å²) in [6.07, 6.45) is 3.97. The average molecular weight is 478 g/mol. The minimum Gasteiger partial charge on any atom is -0.492 e. The minimum absolute atomic E-state index is 0.0159. The maximum atomic E-state index is 13.6. The van der Waals surface area contributed by atoms with Crippen LogP contribution in [0.2, 0.25) is 0 Å². The van der Waals surface area contributed by atoms with E-state index < -0.39 is 5.41 Å². The summed E-state index contributed by atoms with van der Waals surface area (Å²) in [6.45, 7) is 3.67. The molecule has 0 unspecified atom stereocenters. The van der Waals surface area contributed by atoms with E-state index in [9.17, 15) is 9.59 Å². The number of hydrogen-bond acceptors (Lipinski definition) is 5. The van der Waals surface area contributed by atoms with Crippen LogP contribution in [0.5, 0.6) is 5.75 Å². The normalized spacial score (nSPS) is 24.0. The molecule has 2 aromatic carbocycles. The summed E-state index contributed by atoms with van der Waals surface area (Å²) >= 11 is 0. The van der Waals surface area contributed by atoms with Gasteiger partial charge in [-0.3, -0.25) is 9.59 Å². The van der Waals surface area contributed by atoms with Gasteiger partial charge in [0.1, 0.15) is 18.9 Å². The first-order valence-electron chi connectivity index (χ1n) is 12.7. The zero-order valence-corrected chi connectivity index (χ0v) is 20.4. The van der Waals surface area contributed by atoms with Gasteiger partial charge in [-0.1, -0.05) is 36.4 Å². The number of hydrogen-bond donors (Lipinski definition) is 1. The van der Waals surface area contributed by atoms with Gasteiger partial charge >= 0.3 is 0 Å². The molecule has 2 aliphatic heterocycles. The molecule has 2 fully saturated rings. The van der Waals surface area contributed by atoms with Crippen molar-refractivity contribution in [3.05, 3.63) is 60.2 Å². The second-order valence-corrected chi connectivity index (χ2v) is 10.0. The summed E-state index contributed by atoms with van der Waals surface area (Å²) in [4.78, 5) is 30.4. The van der Waals surface area contributed by atoms with Gasteiger partial charge in [0.2, 0.25) is 11.8 Å². The summed E-state index contributed by atoms with van der Waals surface area (Å²) in [6, 6.07) is 17.5. The maximum Gasteiger partial charge on any atom is 0.240 e. The van der Waals surface area contributed by atoms with Crippen LogP contribution in [-0.2, 0) is 14.3 Å². The predicted octanol–water partition coefficient (Wildman–Crippen LogP) is 3.20. The van der Waals surface area contributed by atoms with E-state index in [0.717, 1.165) is 55.8 Å². The van der Waals surface area contributed by atoms with Crippen LogP contribution in [0.3, 0.4) is 0 Å². The van der Waals surface area contributed by atoms with Crippen molar-refractivity contribution in [2.45, 2.75) is 37.7 Å². The second kappa shape index (κ2) is 10.4. The molecular formula is C28H35N3O4. The molecule has 5 rings (SSSR count). The van der Waals surface area contributed by atoms with E-state index in [0.29, 0.717) is 25.9 Å². The Bertz CT molecular complexity index is 1040. The molecule has 0 radical (unpaired) electrons. The lowest BCUT2D eigenvalue weighted by Gasteiger charge is -2.33. The van der Waals surface area contributed by atoms with E-state index >= 15 is 0 Å². The van der Waals surface area contributed by atoms with Crippen molar-refractivity contribution < 1.29 is 19.1 Å². The number of piperidine rings is 1. The van der Waals surface area contributed by atoms with Crippen LogP contribution in [0, 0.1) is 5.41 Å². The quantitative estimate of drug-likeness (QED) is 0.532. The van der Waals surface area contributed by atoms with Gasteiger partial charge in [0.25, 0.3) is 0 Å². The van der Waals surface area contributed by atoms with Gasteiger partial charge in [0, 0.05) is 37.8 Å². The topological polar surface area (TPSA) is 71.1 Å². The number of nitrogens with one attached hydrogen (secondary N) is 1. The van der Waals surface area contributed by atoms with Gasteiger partial charge in [-0.2, -0.15) is 0 Å². The Kier molecular flexibility index (Phi) is 7.07. The van der Waals surface area contributed by atoms with Crippen molar-refractivity contribution >= 4 is 17.5 Å². The molecule has 186 valence electrons. The first-order chi connectivity index (χ1) is 17.1. The Morgan fingerprint density at radius 1 is 1.09 bits per heavy atom. The zero-order chi connectivity index (χ0) is 24.3. The third-order valence-corrected chi connectivity index (χ3v) is 7.55. The number of fused-ring (bicyclic) bond motifs is 3. The average Bonchev–Trinajstić information content (AvgIpc) is 3.63. The van der Waals surface area contributed by atoms with E-state index in [4.69, 9.17) is 9.47 Å². The lowest BCUT2D eigenvalue weighted by molar-refractivity contribution is -0.128. The van der Waals surface area contributed by atoms with Crippen LogP contribution < -0.4 is 15.0 Å². The second-order valence-electron chi connectivity index (χ2n) is 10.0. The highest BCUT2D eigenvalue weighted by molar-refractivity contribution is 6.07. The van der Waals surface area contributed by atoms with Crippen LogP contribution in [0.1, 0.15) is 37.2 Å². The highest BCUT2D eigenvalue weighted by Gasteiger charge is 2.66. The van der Waals surface area contributed by atoms with Gasteiger partial charge in [0.05, 0.1) is 11.5 Å². The van der Waals surface area contributed by atoms with Gasteiger partial charge < -0.3 is 24.6 Å². The van der Waals surface area contributed by atoms with E-state index in [2.05, 4.69) is 23.3 Å². The first-order valence-corrected chi connectivity index (χ1v) is 12.7. The summed E-state index contributed by atoms with van der Waals surface area (Å²) in [5.41, 5.74) is 1.38. The number of carbonyl (C=O) groups excluding carboxylic acids is 2. The summed E-state index contributed by atoms with van der Waals surface area (Å²) in [5.74, 6) is 0.737. The number of carbonyl (C=O) groups is 2. The maximum absolute atomic E-state index is 13.6. The summed E-state index contributed by atoms with van der Waals surface area (Å²) in [5, 5.41) is 2.97. The molecule has 2 aromatic rings. The molecule has 0 bridgehead atoms. The Morgan fingerprint density at radius 2 is 1.83 bits per heavy atom. The first kappa shape index (κ1) is 23.8. The number of para-hydroxylation sites is 2. The molecule has 1 saturated heterocycles. The predicted molar refractivity (Wildman–Crippen MR) is 135 cm³/mol. The lowest BCUT2D eigenvalue weighted by atomic mass is 9.92. The molecule has 1 saturated carbocycles. The molecule has 7 heteroatoms. The van der Waals surface area contributed by atoms with Gasteiger partial charge in [-0.15, -0.1) is 0 Å². The van der Waals surface area contributed by atoms with Crippen molar-refractivity contribution in [1.82, 2.24) is 10.2 Å². The third kappa shape index (κ3) is 5.21. The van der Waals surface area contributed by atoms with E-state index in [1.807, 2.05) is 48.5 Å². The van der Waals surface area contributed by atoms with Crippen molar-refractivity contribution in [3.63, 3.8) is 0 Å². The van der Waals surface area contributed by atoms with Crippen molar-refractivity contribution in [2.24, 2.45) is 5.41 Å². The molecule has 7 nitrogen and oxygen atoms in total. The number of amides is 2. The number of rotatable bonds is 10. The number of anilines is 1. The monoisotopic (exact) mass is 477 g/mol. The molecule has 0 aromatic heterocycles. The number of ether oxygens (including phenoxy) is 2. The van der Waals surface area contributed by atoms with Crippen LogP contribution in [-0.4, -0.2) is 69.3 Å². The highest BCUT2D eigenvalue weighted by atomic mass is 16.5. The van der Waals surface area contributed by atoms with E-state index in [1.54, 1.807) is 4.90 Å². The van der Waals surface area contributed by atoms with Gasteiger partial charge in [-0.05, 0) is 56.5 Å². The van der Waals surface area contributed by atoms with Gasteiger partial charge in [-0.25, -0.2) is 0 Å². The van der Waals surface area contributed by atoms with Crippen LogP contribution in [0.4, 0.5) is 5.69 Å².